The molecule has 0 aliphatic rings. The van der Waals surface area contributed by atoms with Crippen LogP contribution < -0.4 is 0 Å². The van der Waals surface area contributed by atoms with E-state index in [2.05, 4.69) is 0 Å². The summed E-state index contributed by atoms with van der Waals surface area (Å²) in [5.41, 5.74) is 1.35. The first-order valence-electron chi connectivity index (χ1n) is 6.70. The van der Waals surface area contributed by atoms with E-state index in [0.717, 1.165) is 5.56 Å². The second-order valence-electron chi connectivity index (χ2n) is 4.51. The van der Waals surface area contributed by atoms with Gasteiger partial charge >= 0.3 is 11.9 Å². The lowest BCUT2D eigenvalue weighted by molar-refractivity contribution is -0.157. The van der Waals surface area contributed by atoms with Gasteiger partial charge in [-0.1, -0.05) is 72.3 Å². The average molecular weight is 319 g/mol. The normalized spacial score (nSPS) is 11.5. The van der Waals surface area contributed by atoms with Gasteiger partial charge in [0.2, 0.25) is 0 Å². The predicted molar refractivity (Wildman–Crippen MR) is 82.2 cm³/mol. The minimum atomic E-state index is -1.14. The Balaban J connectivity index is 2.11. The van der Waals surface area contributed by atoms with Crippen molar-refractivity contribution in [3.63, 3.8) is 0 Å². The Morgan fingerprint density at radius 1 is 0.864 bits per heavy atom. The molecule has 22 heavy (non-hydrogen) atoms. The number of carbonyl (C=O) groups excluding carboxylic acids is 2. The molecule has 2 rings (SSSR count). The summed E-state index contributed by atoms with van der Waals surface area (Å²) in [6, 6.07) is 17.5. The van der Waals surface area contributed by atoms with Crippen LogP contribution in [0.15, 0.2) is 60.7 Å². The minimum Gasteiger partial charge on any atom is -0.460 e. The van der Waals surface area contributed by atoms with Gasteiger partial charge in [0.15, 0.2) is 12.0 Å². The second-order valence-corrected chi connectivity index (χ2v) is 4.73. The van der Waals surface area contributed by atoms with E-state index in [1.807, 2.05) is 30.3 Å². The van der Waals surface area contributed by atoms with Crippen molar-refractivity contribution in [3.05, 3.63) is 71.8 Å². The molecule has 1 atom stereocenters. The number of benzene rings is 2. The van der Waals surface area contributed by atoms with Crippen LogP contribution in [-0.4, -0.2) is 18.0 Å². The number of hydrogen-bond acceptors (Lipinski definition) is 4. The highest BCUT2D eigenvalue weighted by molar-refractivity contribution is 6.17. The van der Waals surface area contributed by atoms with Gasteiger partial charge in [-0.15, -0.1) is 0 Å². The largest absolute Gasteiger partial charge is 0.460 e. The fourth-order valence-electron chi connectivity index (χ4n) is 1.96. The van der Waals surface area contributed by atoms with Crippen LogP contribution in [0.5, 0.6) is 0 Å². The van der Waals surface area contributed by atoms with Crippen molar-refractivity contribution in [3.8, 4) is 0 Å². The molecule has 0 radical (unpaired) electrons. The molecule has 0 bridgehead atoms. The molecular formula is C17H15ClO4. The van der Waals surface area contributed by atoms with Gasteiger partial charge in [0.25, 0.3) is 0 Å². The van der Waals surface area contributed by atoms with Crippen molar-refractivity contribution in [1.82, 2.24) is 0 Å². The molecule has 0 fully saturated rings. The molecule has 4 nitrogen and oxygen atoms in total. The summed E-state index contributed by atoms with van der Waals surface area (Å²) in [6.07, 6.45) is 0. The van der Waals surface area contributed by atoms with Crippen LogP contribution in [0.4, 0.5) is 0 Å². The van der Waals surface area contributed by atoms with Crippen molar-refractivity contribution in [1.29, 1.82) is 0 Å². The summed E-state index contributed by atoms with van der Waals surface area (Å²) in [6.45, 7) is 0.0944. The zero-order chi connectivity index (χ0) is 15.8. The van der Waals surface area contributed by atoms with Gasteiger partial charge in [0.1, 0.15) is 6.61 Å². The third kappa shape index (κ3) is 4.33. The predicted octanol–water partition coefficient (Wildman–Crippen LogP) is 3.25. The highest BCUT2D eigenvalue weighted by Gasteiger charge is 2.31. The van der Waals surface area contributed by atoms with E-state index in [4.69, 9.17) is 21.1 Å². The van der Waals surface area contributed by atoms with Crippen LogP contribution in [0.3, 0.4) is 0 Å². The fourth-order valence-corrected chi connectivity index (χ4v) is 2.07. The van der Waals surface area contributed by atoms with Gasteiger partial charge in [-0.3, -0.25) is 9.59 Å². The highest BCUT2D eigenvalue weighted by atomic mass is 35.5. The number of carbonyl (C=O) groups is 2. The van der Waals surface area contributed by atoms with Crippen molar-refractivity contribution < 1.29 is 19.1 Å². The molecule has 114 valence electrons. The van der Waals surface area contributed by atoms with E-state index in [0.29, 0.717) is 5.56 Å². The molecule has 2 aromatic rings. The van der Waals surface area contributed by atoms with Gasteiger partial charge in [0, 0.05) is 0 Å². The summed E-state index contributed by atoms with van der Waals surface area (Å²) >= 11 is 5.41. The van der Waals surface area contributed by atoms with Crippen LogP contribution in [0, 0.1) is 0 Å². The Hall–Kier alpha value is -2.33. The Morgan fingerprint density at radius 2 is 1.41 bits per heavy atom. The number of halogens is 1. The molecule has 0 amide bonds. The quantitative estimate of drug-likeness (QED) is 0.466. The standard InChI is InChI=1S/C17H15ClO4/c18-12-22-17(20)15(14-9-5-2-6-10-14)16(19)21-11-13-7-3-1-4-8-13/h1-10,15H,11-12H2. The minimum absolute atomic E-state index is 0.0944. The molecule has 0 aromatic heterocycles. The van der Waals surface area contributed by atoms with E-state index >= 15 is 0 Å². The molecule has 0 saturated carbocycles. The first-order chi connectivity index (χ1) is 10.7. The molecule has 0 saturated heterocycles. The van der Waals surface area contributed by atoms with E-state index in [1.165, 1.54) is 0 Å². The SMILES string of the molecule is O=C(OCCl)C(C(=O)OCc1ccccc1)c1ccccc1. The highest BCUT2D eigenvalue weighted by Crippen LogP contribution is 2.20. The molecule has 0 aliphatic heterocycles. The van der Waals surface area contributed by atoms with Gasteiger partial charge in [-0.25, -0.2) is 0 Å². The molecular weight excluding hydrogens is 304 g/mol. The van der Waals surface area contributed by atoms with Crippen LogP contribution in [-0.2, 0) is 25.7 Å². The first-order valence-corrected chi connectivity index (χ1v) is 7.24. The summed E-state index contributed by atoms with van der Waals surface area (Å²) in [4.78, 5) is 24.3. The van der Waals surface area contributed by atoms with E-state index in [-0.39, 0.29) is 12.7 Å². The smallest absolute Gasteiger partial charge is 0.326 e. The van der Waals surface area contributed by atoms with Crippen molar-refractivity contribution in [2.24, 2.45) is 0 Å². The monoisotopic (exact) mass is 318 g/mol. The van der Waals surface area contributed by atoms with Gasteiger partial charge < -0.3 is 9.47 Å². The molecule has 1 unspecified atom stereocenters. The summed E-state index contributed by atoms with van der Waals surface area (Å²) in [7, 11) is 0. The fraction of sp³-hybridized carbons (Fsp3) is 0.176. The van der Waals surface area contributed by atoms with Crippen LogP contribution in [0.25, 0.3) is 0 Å². The van der Waals surface area contributed by atoms with E-state index < -0.39 is 17.9 Å². The number of esters is 2. The topological polar surface area (TPSA) is 52.6 Å². The Kier molecular flexibility index (Phi) is 5.98. The van der Waals surface area contributed by atoms with Crippen molar-refractivity contribution in [2.45, 2.75) is 12.5 Å². The lowest BCUT2D eigenvalue weighted by atomic mass is 9.99. The Labute approximate surface area is 133 Å². The number of alkyl halides is 1. The summed E-state index contributed by atoms with van der Waals surface area (Å²) < 4.78 is 9.99. The summed E-state index contributed by atoms with van der Waals surface area (Å²) in [5.74, 6) is -2.52. The van der Waals surface area contributed by atoms with E-state index in [1.54, 1.807) is 30.3 Å². The maximum Gasteiger partial charge on any atom is 0.326 e. The van der Waals surface area contributed by atoms with Crippen LogP contribution in [0.2, 0.25) is 0 Å². The molecule has 0 aliphatic carbocycles. The van der Waals surface area contributed by atoms with Crippen LogP contribution in [0.1, 0.15) is 17.0 Å². The molecule has 5 heteroatoms. The zero-order valence-corrected chi connectivity index (χ0v) is 12.5. The maximum atomic E-state index is 12.3. The average Bonchev–Trinajstić information content (AvgIpc) is 2.55. The molecule has 0 N–H and O–H groups in total. The summed E-state index contributed by atoms with van der Waals surface area (Å²) in [5, 5.41) is 0. The lowest BCUT2D eigenvalue weighted by Gasteiger charge is -2.15. The van der Waals surface area contributed by atoms with Gasteiger partial charge in [0.05, 0.1) is 0 Å². The second kappa shape index (κ2) is 8.20. The van der Waals surface area contributed by atoms with Crippen LogP contribution >= 0.6 is 11.6 Å². The Morgan fingerprint density at radius 3 is 2.00 bits per heavy atom. The van der Waals surface area contributed by atoms with Crippen molar-refractivity contribution in [2.75, 3.05) is 6.07 Å². The van der Waals surface area contributed by atoms with E-state index in [9.17, 15) is 9.59 Å². The lowest BCUT2D eigenvalue weighted by Crippen LogP contribution is -2.25. The third-order valence-electron chi connectivity index (χ3n) is 3.03. The Bertz CT molecular complexity index is 613. The van der Waals surface area contributed by atoms with Gasteiger partial charge in [-0.2, -0.15) is 0 Å². The molecule has 0 heterocycles. The molecule has 0 spiro atoms. The number of ether oxygens (including phenoxy) is 2. The van der Waals surface area contributed by atoms with Gasteiger partial charge in [-0.05, 0) is 11.1 Å². The maximum absolute atomic E-state index is 12.3. The zero-order valence-electron chi connectivity index (χ0n) is 11.8. The first kappa shape index (κ1) is 16.0. The number of hydrogen-bond donors (Lipinski definition) is 0. The third-order valence-corrected chi connectivity index (χ3v) is 3.13. The molecule has 2 aromatic carbocycles. The number of rotatable bonds is 6. The van der Waals surface area contributed by atoms with Crippen molar-refractivity contribution >= 4 is 23.5 Å².